The third-order valence-electron chi connectivity index (χ3n) is 2.92. The molecule has 21 heavy (non-hydrogen) atoms. The average molecular weight is 305 g/mol. The zero-order chi connectivity index (χ0) is 15.4. The Kier molecular flexibility index (Phi) is 4.45. The summed E-state index contributed by atoms with van der Waals surface area (Å²) in [6.07, 6.45) is 0. The Morgan fingerprint density at radius 1 is 1.00 bits per heavy atom. The molecule has 0 radical (unpaired) electrons. The first kappa shape index (κ1) is 14.9. The highest BCUT2D eigenvalue weighted by Crippen LogP contribution is 2.23. The van der Waals surface area contributed by atoms with Gasteiger partial charge in [0.15, 0.2) is 0 Å². The second-order valence-corrected chi connectivity index (χ2v) is 4.75. The summed E-state index contributed by atoms with van der Waals surface area (Å²) in [4.78, 5) is 23.0. The summed E-state index contributed by atoms with van der Waals surface area (Å²) in [6, 6.07) is 10.8. The van der Waals surface area contributed by atoms with Gasteiger partial charge in [-0.05, 0) is 36.8 Å². The molecular formula is C15H13ClN2O3. The lowest BCUT2D eigenvalue weighted by Crippen LogP contribution is -2.21. The SMILES string of the molecule is Cc1c(Cl)cccc1NC(=O)Nc1ccccc1C(=O)O. The van der Waals surface area contributed by atoms with Crippen LogP contribution in [-0.2, 0) is 0 Å². The van der Waals surface area contributed by atoms with E-state index in [-0.39, 0.29) is 11.3 Å². The monoisotopic (exact) mass is 304 g/mol. The first-order valence-electron chi connectivity index (χ1n) is 6.14. The number of carboxylic acid groups (broad SMARTS) is 1. The van der Waals surface area contributed by atoms with Crippen molar-refractivity contribution in [2.24, 2.45) is 0 Å². The van der Waals surface area contributed by atoms with Crippen molar-refractivity contribution in [2.45, 2.75) is 6.92 Å². The minimum atomic E-state index is -1.11. The van der Waals surface area contributed by atoms with Gasteiger partial charge in [-0.3, -0.25) is 0 Å². The van der Waals surface area contributed by atoms with Gasteiger partial charge in [0.2, 0.25) is 0 Å². The zero-order valence-electron chi connectivity index (χ0n) is 11.2. The van der Waals surface area contributed by atoms with Crippen LogP contribution >= 0.6 is 11.6 Å². The van der Waals surface area contributed by atoms with Gasteiger partial charge in [-0.2, -0.15) is 0 Å². The minimum absolute atomic E-state index is 0.0236. The van der Waals surface area contributed by atoms with Crippen molar-refractivity contribution in [2.75, 3.05) is 10.6 Å². The second-order valence-electron chi connectivity index (χ2n) is 4.34. The molecule has 108 valence electrons. The molecule has 0 saturated heterocycles. The quantitative estimate of drug-likeness (QED) is 0.802. The molecule has 2 amide bonds. The minimum Gasteiger partial charge on any atom is -0.478 e. The fraction of sp³-hybridized carbons (Fsp3) is 0.0667. The van der Waals surface area contributed by atoms with Crippen LogP contribution in [0.4, 0.5) is 16.2 Å². The number of nitrogens with one attached hydrogen (secondary N) is 2. The Morgan fingerprint density at radius 3 is 2.33 bits per heavy atom. The lowest BCUT2D eigenvalue weighted by molar-refractivity contribution is 0.0698. The second kappa shape index (κ2) is 6.28. The molecular weight excluding hydrogens is 292 g/mol. The molecule has 0 aliphatic rings. The molecule has 2 aromatic rings. The fourth-order valence-corrected chi connectivity index (χ4v) is 1.97. The fourth-order valence-electron chi connectivity index (χ4n) is 1.80. The number of benzene rings is 2. The van der Waals surface area contributed by atoms with Crippen LogP contribution < -0.4 is 10.6 Å². The van der Waals surface area contributed by atoms with Gasteiger partial charge in [0, 0.05) is 10.7 Å². The lowest BCUT2D eigenvalue weighted by Gasteiger charge is -2.12. The third kappa shape index (κ3) is 3.52. The van der Waals surface area contributed by atoms with Gasteiger partial charge < -0.3 is 15.7 Å². The highest BCUT2D eigenvalue weighted by molar-refractivity contribution is 6.31. The van der Waals surface area contributed by atoms with Crippen LogP contribution in [0.1, 0.15) is 15.9 Å². The van der Waals surface area contributed by atoms with Gasteiger partial charge >= 0.3 is 12.0 Å². The average Bonchev–Trinajstić information content (AvgIpc) is 2.44. The number of anilines is 2. The number of hydrogen-bond acceptors (Lipinski definition) is 2. The van der Waals surface area contributed by atoms with Gasteiger partial charge in [0.25, 0.3) is 0 Å². The molecule has 3 N–H and O–H groups in total. The number of hydrogen-bond donors (Lipinski definition) is 3. The van der Waals surface area contributed by atoms with Crippen molar-refractivity contribution < 1.29 is 14.7 Å². The third-order valence-corrected chi connectivity index (χ3v) is 3.33. The van der Waals surface area contributed by atoms with Gasteiger partial charge in [-0.25, -0.2) is 9.59 Å². The molecule has 0 bridgehead atoms. The molecule has 6 heteroatoms. The molecule has 0 aliphatic heterocycles. The highest BCUT2D eigenvalue weighted by atomic mass is 35.5. The van der Waals surface area contributed by atoms with E-state index in [2.05, 4.69) is 10.6 Å². The van der Waals surface area contributed by atoms with Gasteiger partial charge in [0.1, 0.15) is 0 Å². The molecule has 2 rings (SSSR count). The van der Waals surface area contributed by atoms with Crippen molar-refractivity contribution in [3.8, 4) is 0 Å². The molecule has 0 heterocycles. The molecule has 0 fully saturated rings. The number of carbonyl (C=O) groups is 2. The Hall–Kier alpha value is -2.53. The molecule has 0 unspecified atom stereocenters. The van der Waals surface area contributed by atoms with Crippen molar-refractivity contribution in [3.63, 3.8) is 0 Å². The summed E-state index contributed by atoms with van der Waals surface area (Å²) in [5.41, 5.74) is 1.55. The molecule has 0 aromatic heterocycles. The first-order chi connectivity index (χ1) is 9.99. The Labute approximate surface area is 126 Å². The molecule has 0 atom stereocenters. The number of urea groups is 1. The molecule has 0 saturated carbocycles. The predicted octanol–water partition coefficient (Wildman–Crippen LogP) is 3.99. The van der Waals surface area contributed by atoms with Crippen LogP contribution in [0.25, 0.3) is 0 Å². The highest BCUT2D eigenvalue weighted by Gasteiger charge is 2.12. The molecule has 0 spiro atoms. The summed E-state index contributed by atoms with van der Waals surface area (Å²) in [5.74, 6) is -1.11. The standard InChI is InChI=1S/C15H13ClN2O3/c1-9-11(16)6-4-8-12(9)17-15(21)18-13-7-3-2-5-10(13)14(19)20/h2-8H,1H3,(H,19,20)(H2,17,18,21). The molecule has 0 aliphatic carbocycles. The van der Waals surface area contributed by atoms with Crippen molar-refractivity contribution >= 4 is 35.0 Å². The van der Waals surface area contributed by atoms with Gasteiger partial charge in [-0.15, -0.1) is 0 Å². The van der Waals surface area contributed by atoms with E-state index in [1.54, 1.807) is 37.3 Å². The number of para-hydroxylation sites is 1. The predicted molar refractivity (Wildman–Crippen MR) is 82.2 cm³/mol. The maximum Gasteiger partial charge on any atom is 0.337 e. The zero-order valence-corrected chi connectivity index (χ0v) is 11.9. The maximum atomic E-state index is 12.0. The van der Waals surface area contributed by atoms with Crippen LogP contribution in [0.15, 0.2) is 42.5 Å². The molecule has 5 nitrogen and oxygen atoms in total. The van der Waals surface area contributed by atoms with Crippen molar-refractivity contribution in [1.29, 1.82) is 0 Å². The van der Waals surface area contributed by atoms with E-state index in [1.165, 1.54) is 12.1 Å². The summed E-state index contributed by atoms with van der Waals surface area (Å²) < 4.78 is 0. The number of carboxylic acids is 1. The summed E-state index contributed by atoms with van der Waals surface area (Å²) >= 11 is 5.97. The maximum absolute atomic E-state index is 12.0. The summed E-state index contributed by atoms with van der Waals surface area (Å²) in [6.45, 7) is 1.78. The van der Waals surface area contributed by atoms with Gasteiger partial charge in [-0.1, -0.05) is 29.8 Å². The normalized spacial score (nSPS) is 10.0. The topological polar surface area (TPSA) is 78.4 Å². The smallest absolute Gasteiger partial charge is 0.337 e. The largest absolute Gasteiger partial charge is 0.478 e. The van der Waals surface area contributed by atoms with E-state index in [1.807, 2.05) is 0 Å². The Bertz CT molecular complexity index is 701. The Balaban J connectivity index is 2.16. The number of aromatic carboxylic acids is 1. The number of amides is 2. The van der Waals surface area contributed by atoms with Crippen molar-refractivity contribution in [3.05, 3.63) is 58.6 Å². The van der Waals surface area contributed by atoms with Crippen LogP contribution in [0.2, 0.25) is 5.02 Å². The van der Waals surface area contributed by atoms with Crippen LogP contribution in [0.3, 0.4) is 0 Å². The van der Waals surface area contributed by atoms with Crippen molar-refractivity contribution in [1.82, 2.24) is 0 Å². The van der Waals surface area contributed by atoms with E-state index in [0.29, 0.717) is 10.7 Å². The summed E-state index contributed by atoms with van der Waals surface area (Å²) in [5, 5.41) is 14.8. The van der Waals surface area contributed by atoms with Gasteiger partial charge in [0.05, 0.1) is 11.3 Å². The molecule has 2 aromatic carbocycles. The van der Waals surface area contributed by atoms with E-state index in [0.717, 1.165) is 5.56 Å². The van der Waals surface area contributed by atoms with E-state index >= 15 is 0 Å². The van der Waals surface area contributed by atoms with Crippen LogP contribution in [-0.4, -0.2) is 17.1 Å². The number of rotatable bonds is 3. The first-order valence-corrected chi connectivity index (χ1v) is 6.52. The number of carbonyl (C=O) groups excluding carboxylic acids is 1. The van der Waals surface area contributed by atoms with E-state index < -0.39 is 12.0 Å². The van der Waals surface area contributed by atoms with Crippen LogP contribution in [0.5, 0.6) is 0 Å². The summed E-state index contributed by atoms with van der Waals surface area (Å²) in [7, 11) is 0. The van der Waals surface area contributed by atoms with E-state index in [9.17, 15) is 9.59 Å². The Morgan fingerprint density at radius 2 is 1.62 bits per heavy atom. The lowest BCUT2D eigenvalue weighted by atomic mass is 10.2. The van der Waals surface area contributed by atoms with Crippen LogP contribution in [0, 0.1) is 6.92 Å². The van der Waals surface area contributed by atoms with E-state index in [4.69, 9.17) is 16.7 Å². The number of halogens is 1.